The Balaban J connectivity index is 1.54. The smallest absolute Gasteiger partial charge is 0.231 e. The van der Waals surface area contributed by atoms with Crippen LogP contribution in [-0.4, -0.2) is 61.5 Å². The maximum Gasteiger partial charge on any atom is 0.231 e. The molecule has 2 N–H and O–H groups in total. The molecule has 0 aliphatic carbocycles. The fraction of sp³-hybridized carbons (Fsp3) is 0.360. The van der Waals surface area contributed by atoms with E-state index < -0.39 is 0 Å². The Labute approximate surface area is 193 Å². The standard InChI is InChI=1S/C25H30N4O4/c1-16(14-29(2)3)33-24-11-17(20-12-26-27-13-20)5-7-22(24)28-25(30)19-9-18-10-21(31-4)6-8-23(18)32-15-19/h5-8,10-13,16,19H,9,14-15H2,1-4H3,(H,26,27)(H,28,30). The summed E-state index contributed by atoms with van der Waals surface area (Å²) in [4.78, 5) is 15.2. The molecule has 0 radical (unpaired) electrons. The van der Waals surface area contributed by atoms with Crippen LogP contribution < -0.4 is 19.5 Å². The Hall–Kier alpha value is -3.52. The van der Waals surface area contributed by atoms with E-state index in [-0.39, 0.29) is 17.9 Å². The first-order valence-electron chi connectivity index (χ1n) is 11.0. The maximum absolute atomic E-state index is 13.2. The highest BCUT2D eigenvalue weighted by molar-refractivity contribution is 5.95. The van der Waals surface area contributed by atoms with Crippen molar-refractivity contribution in [3.8, 4) is 28.4 Å². The Kier molecular flexibility index (Phi) is 6.84. The quantitative estimate of drug-likeness (QED) is 0.545. The number of benzene rings is 2. The number of hydrogen-bond donors (Lipinski definition) is 2. The fourth-order valence-electron chi connectivity index (χ4n) is 3.98. The van der Waals surface area contributed by atoms with Gasteiger partial charge in [0.05, 0.1) is 24.9 Å². The molecule has 1 aromatic heterocycles. The van der Waals surface area contributed by atoms with Gasteiger partial charge in [-0.05, 0) is 68.9 Å². The number of nitrogens with zero attached hydrogens (tertiary/aromatic N) is 2. The van der Waals surface area contributed by atoms with Crippen LogP contribution in [0, 0.1) is 5.92 Å². The van der Waals surface area contributed by atoms with Gasteiger partial charge in [-0.3, -0.25) is 9.89 Å². The van der Waals surface area contributed by atoms with Crippen molar-refractivity contribution in [2.45, 2.75) is 19.4 Å². The number of ether oxygens (including phenoxy) is 3. The highest BCUT2D eigenvalue weighted by Crippen LogP contribution is 2.34. The van der Waals surface area contributed by atoms with Crippen LogP contribution in [0.1, 0.15) is 12.5 Å². The van der Waals surface area contributed by atoms with Crippen LogP contribution in [0.25, 0.3) is 11.1 Å². The number of anilines is 1. The van der Waals surface area contributed by atoms with Crippen LogP contribution in [0.5, 0.6) is 17.2 Å². The average Bonchev–Trinajstić information content (AvgIpc) is 3.34. The van der Waals surface area contributed by atoms with Crippen LogP contribution in [0.3, 0.4) is 0 Å². The second-order valence-electron chi connectivity index (χ2n) is 8.56. The first-order chi connectivity index (χ1) is 15.9. The molecule has 174 valence electrons. The van der Waals surface area contributed by atoms with Gasteiger partial charge in [0.25, 0.3) is 0 Å². The molecule has 2 aromatic carbocycles. The highest BCUT2D eigenvalue weighted by atomic mass is 16.5. The molecule has 0 spiro atoms. The number of fused-ring (bicyclic) bond motifs is 1. The molecule has 33 heavy (non-hydrogen) atoms. The number of aromatic amines is 1. The lowest BCUT2D eigenvalue weighted by Gasteiger charge is -2.26. The van der Waals surface area contributed by atoms with Crippen molar-refractivity contribution in [3.05, 3.63) is 54.4 Å². The molecule has 1 aliphatic heterocycles. The summed E-state index contributed by atoms with van der Waals surface area (Å²) in [5, 5.41) is 9.92. The van der Waals surface area contributed by atoms with Gasteiger partial charge in [-0.15, -0.1) is 0 Å². The van der Waals surface area contributed by atoms with Gasteiger partial charge in [0.1, 0.15) is 30.0 Å². The number of likely N-dealkylation sites (N-methyl/N-ethyl adjacent to an activating group) is 1. The maximum atomic E-state index is 13.2. The lowest BCUT2D eigenvalue weighted by atomic mass is 9.95. The van der Waals surface area contributed by atoms with Crippen molar-refractivity contribution in [1.82, 2.24) is 15.1 Å². The van der Waals surface area contributed by atoms with E-state index in [0.717, 1.165) is 34.7 Å². The molecule has 2 unspecified atom stereocenters. The number of hydrogen-bond acceptors (Lipinski definition) is 6. The molecule has 8 nitrogen and oxygen atoms in total. The molecule has 0 fully saturated rings. The van der Waals surface area contributed by atoms with Gasteiger partial charge in [0.15, 0.2) is 0 Å². The van der Waals surface area contributed by atoms with Gasteiger partial charge in [-0.25, -0.2) is 0 Å². The van der Waals surface area contributed by atoms with Crippen molar-refractivity contribution < 1.29 is 19.0 Å². The highest BCUT2D eigenvalue weighted by Gasteiger charge is 2.27. The van der Waals surface area contributed by atoms with E-state index in [0.29, 0.717) is 24.5 Å². The molecule has 8 heteroatoms. The average molecular weight is 451 g/mol. The van der Waals surface area contributed by atoms with Crippen molar-refractivity contribution >= 4 is 11.6 Å². The summed E-state index contributed by atoms with van der Waals surface area (Å²) in [7, 11) is 5.63. The Morgan fingerprint density at radius 3 is 2.85 bits per heavy atom. The summed E-state index contributed by atoms with van der Waals surface area (Å²) in [5.41, 5.74) is 3.50. The molecular formula is C25H30N4O4. The summed E-state index contributed by atoms with van der Waals surface area (Å²) < 4.78 is 17.4. The van der Waals surface area contributed by atoms with E-state index in [4.69, 9.17) is 14.2 Å². The largest absolute Gasteiger partial charge is 0.497 e. The molecule has 0 saturated carbocycles. The normalized spacial score (nSPS) is 16.0. The van der Waals surface area contributed by atoms with Gasteiger partial charge in [-0.1, -0.05) is 6.07 Å². The van der Waals surface area contributed by atoms with E-state index in [2.05, 4.69) is 20.4 Å². The lowest BCUT2D eigenvalue weighted by Crippen LogP contribution is -2.33. The van der Waals surface area contributed by atoms with E-state index in [1.165, 1.54) is 0 Å². The third kappa shape index (κ3) is 5.46. The van der Waals surface area contributed by atoms with Crippen LogP contribution >= 0.6 is 0 Å². The fourth-order valence-corrected chi connectivity index (χ4v) is 3.98. The summed E-state index contributed by atoms with van der Waals surface area (Å²) in [6, 6.07) is 11.4. The zero-order valence-electron chi connectivity index (χ0n) is 19.4. The second-order valence-corrected chi connectivity index (χ2v) is 8.56. The minimum atomic E-state index is -0.315. The SMILES string of the molecule is COc1ccc2c(c1)CC(C(=O)Nc1ccc(-c3cn[nH]c3)cc1OC(C)CN(C)C)CO2. The minimum Gasteiger partial charge on any atom is -0.497 e. The first-order valence-corrected chi connectivity index (χ1v) is 11.0. The van der Waals surface area contributed by atoms with Crippen LogP contribution in [-0.2, 0) is 11.2 Å². The summed E-state index contributed by atoms with van der Waals surface area (Å²) in [6.07, 6.45) is 4.10. The number of carbonyl (C=O) groups is 1. The molecule has 4 rings (SSSR count). The number of amides is 1. The van der Waals surface area contributed by atoms with Crippen LogP contribution in [0.15, 0.2) is 48.8 Å². The van der Waals surface area contributed by atoms with Crippen molar-refractivity contribution in [2.75, 3.05) is 39.7 Å². The zero-order chi connectivity index (χ0) is 23.4. The predicted molar refractivity (Wildman–Crippen MR) is 127 cm³/mol. The molecular weight excluding hydrogens is 420 g/mol. The van der Waals surface area contributed by atoms with Gasteiger partial charge < -0.3 is 24.4 Å². The minimum absolute atomic E-state index is 0.0624. The Morgan fingerprint density at radius 2 is 2.12 bits per heavy atom. The molecule has 0 bridgehead atoms. The van der Waals surface area contributed by atoms with Gasteiger partial charge in [-0.2, -0.15) is 5.10 Å². The molecule has 2 heterocycles. The second kappa shape index (κ2) is 9.95. The molecule has 3 aromatic rings. The van der Waals surface area contributed by atoms with Crippen molar-refractivity contribution in [2.24, 2.45) is 5.92 Å². The first kappa shape index (κ1) is 22.7. The number of nitrogens with one attached hydrogen (secondary N) is 2. The summed E-state index contributed by atoms with van der Waals surface area (Å²) >= 11 is 0. The molecule has 1 amide bonds. The van der Waals surface area contributed by atoms with Crippen molar-refractivity contribution in [3.63, 3.8) is 0 Å². The third-order valence-corrected chi connectivity index (χ3v) is 5.57. The zero-order valence-corrected chi connectivity index (χ0v) is 19.4. The molecule has 0 saturated heterocycles. The van der Waals surface area contributed by atoms with Crippen LogP contribution in [0.4, 0.5) is 5.69 Å². The third-order valence-electron chi connectivity index (χ3n) is 5.57. The van der Waals surface area contributed by atoms with Crippen molar-refractivity contribution in [1.29, 1.82) is 0 Å². The molecule has 2 atom stereocenters. The lowest BCUT2D eigenvalue weighted by molar-refractivity contribution is -0.121. The van der Waals surface area contributed by atoms with Gasteiger partial charge >= 0.3 is 0 Å². The van der Waals surface area contributed by atoms with E-state index in [1.54, 1.807) is 13.3 Å². The monoisotopic (exact) mass is 450 g/mol. The van der Waals surface area contributed by atoms with E-state index >= 15 is 0 Å². The number of methoxy groups -OCH3 is 1. The Morgan fingerprint density at radius 1 is 1.27 bits per heavy atom. The number of carbonyl (C=O) groups excluding carboxylic acids is 1. The molecule has 1 aliphatic rings. The Bertz CT molecular complexity index is 1100. The van der Waals surface area contributed by atoms with E-state index in [1.807, 2.05) is 63.6 Å². The van der Waals surface area contributed by atoms with Gasteiger partial charge in [0.2, 0.25) is 5.91 Å². The van der Waals surface area contributed by atoms with Crippen LogP contribution in [0.2, 0.25) is 0 Å². The number of aromatic nitrogens is 2. The summed E-state index contributed by atoms with van der Waals surface area (Å²) in [5.74, 6) is 1.75. The van der Waals surface area contributed by atoms with Gasteiger partial charge in [0, 0.05) is 18.3 Å². The van der Waals surface area contributed by atoms with E-state index in [9.17, 15) is 4.79 Å². The topological polar surface area (TPSA) is 88.7 Å². The predicted octanol–water partition coefficient (Wildman–Crippen LogP) is 3.60. The summed E-state index contributed by atoms with van der Waals surface area (Å²) in [6.45, 7) is 3.08. The number of H-pyrrole nitrogens is 1. The number of rotatable bonds is 8.